The zero-order valence-electron chi connectivity index (χ0n) is 13.0. The minimum atomic E-state index is -0.909. The number of likely N-dealkylation sites (tertiary alicyclic amines) is 1. The number of nitro groups is 1. The number of halogens is 2. The molecule has 130 valence electrons. The summed E-state index contributed by atoms with van der Waals surface area (Å²) in [5.74, 6) is -2.28. The van der Waals surface area contributed by atoms with E-state index >= 15 is 0 Å². The summed E-state index contributed by atoms with van der Waals surface area (Å²) in [6.07, 6.45) is 3.87. The van der Waals surface area contributed by atoms with Crippen LogP contribution in [0, 0.1) is 21.7 Å². The SMILES string of the molecule is O=C(c1[nH]ncc1[N+](=O)[O-])N1CCC(=Cc2ccc(F)c(F)c2)CC1. The average Bonchev–Trinajstić information content (AvgIpc) is 3.08. The van der Waals surface area contributed by atoms with E-state index in [0.29, 0.717) is 31.5 Å². The molecule has 1 amide bonds. The Bertz CT molecular complexity index is 853. The highest BCUT2D eigenvalue weighted by atomic mass is 19.2. The normalized spacial score (nSPS) is 14.5. The number of nitrogens with one attached hydrogen (secondary N) is 1. The number of hydrogen-bond donors (Lipinski definition) is 1. The molecule has 1 aromatic heterocycles. The number of carbonyl (C=O) groups is 1. The van der Waals surface area contributed by atoms with E-state index in [-0.39, 0.29) is 11.4 Å². The number of piperidine rings is 1. The van der Waals surface area contributed by atoms with E-state index in [1.165, 1.54) is 11.0 Å². The number of aromatic nitrogens is 2. The number of hydrogen-bond acceptors (Lipinski definition) is 4. The highest BCUT2D eigenvalue weighted by Gasteiger charge is 2.28. The van der Waals surface area contributed by atoms with Crippen molar-refractivity contribution in [3.8, 4) is 0 Å². The molecular formula is C16H14F2N4O3. The molecular weight excluding hydrogens is 334 g/mol. The topological polar surface area (TPSA) is 92.1 Å². The molecule has 3 rings (SSSR count). The van der Waals surface area contributed by atoms with Gasteiger partial charge in [0.05, 0.1) is 4.92 Å². The molecule has 2 aromatic rings. The minimum Gasteiger partial charge on any atom is -0.336 e. The Morgan fingerprint density at radius 1 is 1.28 bits per heavy atom. The third-order valence-corrected chi connectivity index (χ3v) is 4.04. The van der Waals surface area contributed by atoms with Gasteiger partial charge in [-0.15, -0.1) is 0 Å². The van der Waals surface area contributed by atoms with E-state index in [0.717, 1.165) is 23.9 Å². The van der Waals surface area contributed by atoms with E-state index in [9.17, 15) is 23.7 Å². The molecule has 0 spiro atoms. The molecule has 0 unspecified atom stereocenters. The number of aromatic amines is 1. The van der Waals surface area contributed by atoms with Crippen molar-refractivity contribution in [1.29, 1.82) is 0 Å². The smallest absolute Gasteiger partial charge is 0.319 e. The van der Waals surface area contributed by atoms with E-state index in [1.54, 1.807) is 6.08 Å². The maximum absolute atomic E-state index is 13.2. The van der Waals surface area contributed by atoms with Gasteiger partial charge in [-0.25, -0.2) is 8.78 Å². The van der Waals surface area contributed by atoms with Crippen molar-refractivity contribution in [3.05, 3.63) is 63.0 Å². The fourth-order valence-electron chi connectivity index (χ4n) is 2.71. The predicted octanol–water partition coefficient (Wildman–Crippen LogP) is 2.92. The second-order valence-corrected chi connectivity index (χ2v) is 5.66. The highest BCUT2D eigenvalue weighted by molar-refractivity contribution is 5.96. The Balaban J connectivity index is 1.68. The van der Waals surface area contributed by atoms with Crippen LogP contribution < -0.4 is 0 Å². The van der Waals surface area contributed by atoms with Crippen LogP contribution in [0.3, 0.4) is 0 Å². The lowest BCUT2D eigenvalue weighted by molar-refractivity contribution is -0.385. The summed E-state index contributed by atoms with van der Waals surface area (Å²) in [7, 11) is 0. The summed E-state index contributed by atoms with van der Waals surface area (Å²) >= 11 is 0. The molecule has 0 radical (unpaired) electrons. The van der Waals surface area contributed by atoms with Crippen LogP contribution in [0.15, 0.2) is 30.0 Å². The number of nitrogens with zero attached hydrogens (tertiary/aromatic N) is 3. The molecule has 25 heavy (non-hydrogen) atoms. The number of H-pyrrole nitrogens is 1. The van der Waals surface area contributed by atoms with Gasteiger partial charge in [0.25, 0.3) is 5.91 Å². The molecule has 1 saturated heterocycles. The first-order valence-corrected chi connectivity index (χ1v) is 7.57. The van der Waals surface area contributed by atoms with Crippen LogP contribution in [0.5, 0.6) is 0 Å². The van der Waals surface area contributed by atoms with Gasteiger partial charge in [-0.1, -0.05) is 17.7 Å². The number of amides is 1. The van der Waals surface area contributed by atoms with Crippen LogP contribution in [-0.2, 0) is 0 Å². The average molecular weight is 348 g/mol. The van der Waals surface area contributed by atoms with E-state index in [4.69, 9.17) is 0 Å². The maximum Gasteiger partial charge on any atom is 0.319 e. The minimum absolute atomic E-state index is 0.141. The first-order valence-electron chi connectivity index (χ1n) is 7.57. The summed E-state index contributed by atoms with van der Waals surface area (Å²) < 4.78 is 26.2. The second kappa shape index (κ2) is 6.80. The summed E-state index contributed by atoms with van der Waals surface area (Å²) in [6, 6.07) is 3.67. The Kier molecular flexibility index (Phi) is 4.55. The molecule has 1 N–H and O–H groups in total. The molecule has 0 saturated carbocycles. The number of benzene rings is 1. The van der Waals surface area contributed by atoms with Crippen molar-refractivity contribution < 1.29 is 18.5 Å². The standard InChI is InChI=1S/C16H14F2N4O3/c17-12-2-1-11(8-13(12)18)7-10-3-5-21(6-4-10)16(23)15-14(22(24)25)9-19-20-15/h1-2,7-9H,3-6H2,(H,19,20). The van der Waals surface area contributed by atoms with Gasteiger partial charge in [-0.05, 0) is 30.5 Å². The van der Waals surface area contributed by atoms with Gasteiger partial charge >= 0.3 is 5.69 Å². The lowest BCUT2D eigenvalue weighted by Gasteiger charge is -2.28. The quantitative estimate of drug-likeness (QED) is 0.682. The molecule has 9 heteroatoms. The molecule has 0 atom stereocenters. The number of carbonyl (C=O) groups excluding carboxylic acids is 1. The van der Waals surface area contributed by atoms with Crippen molar-refractivity contribution in [2.45, 2.75) is 12.8 Å². The maximum atomic E-state index is 13.2. The first-order chi connectivity index (χ1) is 12.0. The van der Waals surface area contributed by atoms with E-state index in [1.807, 2.05) is 0 Å². The fourth-order valence-corrected chi connectivity index (χ4v) is 2.71. The van der Waals surface area contributed by atoms with Crippen LogP contribution in [0.2, 0.25) is 0 Å². The molecule has 1 fully saturated rings. The van der Waals surface area contributed by atoms with Gasteiger partial charge in [-0.3, -0.25) is 20.0 Å². The van der Waals surface area contributed by atoms with Crippen LogP contribution in [0.1, 0.15) is 28.9 Å². The van der Waals surface area contributed by atoms with Crippen molar-refractivity contribution >= 4 is 17.7 Å². The van der Waals surface area contributed by atoms with Gasteiger partial charge in [0.1, 0.15) is 6.20 Å². The molecule has 2 heterocycles. The highest BCUT2D eigenvalue weighted by Crippen LogP contribution is 2.23. The van der Waals surface area contributed by atoms with Crippen molar-refractivity contribution in [3.63, 3.8) is 0 Å². The van der Waals surface area contributed by atoms with Gasteiger partial charge in [-0.2, -0.15) is 5.10 Å². The summed E-state index contributed by atoms with van der Waals surface area (Å²) in [6.45, 7) is 0.759. The molecule has 1 aromatic carbocycles. The van der Waals surface area contributed by atoms with Crippen molar-refractivity contribution in [2.75, 3.05) is 13.1 Å². The zero-order valence-corrected chi connectivity index (χ0v) is 13.0. The predicted molar refractivity (Wildman–Crippen MR) is 84.7 cm³/mol. The Morgan fingerprint density at radius 3 is 2.64 bits per heavy atom. The summed E-state index contributed by atoms with van der Waals surface area (Å²) in [5, 5.41) is 16.8. The third-order valence-electron chi connectivity index (χ3n) is 4.04. The van der Waals surface area contributed by atoms with Gasteiger partial charge in [0.2, 0.25) is 5.69 Å². The van der Waals surface area contributed by atoms with E-state index in [2.05, 4.69) is 10.2 Å². The Labute approximate surface area is 141 Å². The first kappa shape index (κ1) is 16.7. The lowest BCUT2D eigenvalue weighted by Crippen LogP contribution is -2.36. The van der Waals surface area contributed by atoms with Crippen LogP contribution in [0.25, 0.3) is 6.08 Å². The summed E-state index contributed by atoms with van der Waals surface area (Å²) in [4.78, 5) is 24.1. The lowest BCUT2D eigenvalue weighted by atomic mass is 10.0. The molecule has 1 aliphatic rings. The van der Waals surface area contributed by atoms with Crippen molar-refractivity contribution in [1.82, 2.24) is 15.1 Å². The molecule has 0 aliphatic carbocycles. The zero-order chi connectivity index (χ0) is 18.0. The van der Waals surface area contributed by atoms with Crippen molar-refractivity contribution in [2.24, 2.45) is 0 Å². The molecule has 1 aliphatic heterocycles. The fraction of sp³-hybridized carbons (Fsp3) is 0.250. The number of rotatable bonds is 3. The van der Waals surface area contributed by atoms with Crippen LogP contribution in [-0.4, -0.2) is 39.0 Å². The van der Waals surface area contributed by atoms with Crippen LogP contribution in [0.4, 0.5) is 14.5 Å². The Hall–Kier alpha value is -3.10. The van der Waals surface area contributed by atoms with Crippen LogP contribution >= 0.6 is 0 Å². The largest absolute Gasteiger partial charge is 0.336 e. The van der Waals surface area contributed by atoms with E-state index < -0.39 is 22.5 Å². The molecule has 0 bridgehead atoms. The third kappa shape index (κ3) is 3.54. The summed E-state index contributed by atoms with van der Waals surface area (Å²) in [5.41, 5.74) is 1.05. The van der Waals surface area contributed by atoms with Gasteiger partial charge < -0.3 is 4.90 Å². The van der Waals surface area contributed by atoms with Gasteiger partial charge in [0.15, 0.2) is 11.6 Å². The molecule has 7 nitrogen and oxygen atoms in total. The second-order valence-electron chi connectivity index (χ2n) is 5.66. The Morgan fingerprint density at radius 2 is 2.00 bits per heavy atom. The van der Waals surface area contributed by atoms with Gasteiger partial charge in [0, 0.05) is 13.1 Å². The monoisotopic (exact) mass is 348 g/mol.